The first kappa shape index (κ1) is 13.6. The van der Waals surface area contributed by atoms with Gasteiger partial charge in [-0.25, -0.2) is 0 Å². The molecule has 1 aliphatic carbocycles. The summed E-state index contributed by atoms with van der Waals surface area (Å²) in [6, 6.07) is 2.30. The van der Waals surface area contributed by atoms with Crippen LogP contribution in [0.3, 0.4) is 0 Å². The number of aryl methyl sites for hydroxylation is 1. The van der Waals surface area contributed by atoms with E-state index in [0.29, 0.717) is 17.9 Å². The summed E-state index contributed by atoms with van der Waals surface area (Å²) >= 11 is 1.61. The van der Waals surface area contributed by atoms with E-state index in [0.717, 1.165) is 37.4 Å². The van der Waals surface area contributed by atoms with E-state index in [4.69, 9.17) is 0 Å². The predicted octanol–water partition coefficient (Wildman–Crippen LogP) is 2.44. The minimum atomic E-state index is 0.0457. The lowest BCUT2D eigenvalue weighted by atomic mass is 9.99. The number of hydrogen-bond acceptors (Lipinski definition) is 4. The minimum Gasteiger partial charge on any atom is -0.317 e. The number of nitrogens with zero attached hydrogens (tertiary/aromatic N) is 1. The number of carbonyl (C=O) groups is 1. The summed E-state index contributed by atoms with van der Waals surface area (Å²) in [5.74, 6) is 0.503. The molecular weight excluding hydrogens is 270 g/mol. The van der Waals surface area contributed by atoms with Gasteiger partial charge in [0.25, 0.3) is 0 Å². The fraction of sp³-hybridized carbons (Fsp3) is 0.600. The number of anilines is 1. The second-order valence-electron chi connectivity index (χ2n) is 5.66. The molecule has 2 heterocycles. The van der Waals surface area contributed by atoms with Crippen molar-refractivity contribution in [3.05, 3.63) is 16.0 Å². The van der Waals surface area contributed by atoms with Crippen molar-refractivity contribution < 1.29 is 4.79 Å². The zero-order valence-corrected chi connectivity index (χ0v) is 12.3. The van der Waals surface area contributed by atoms with Crippen LogP contribution in [0.2, 0.25) is 0 Å². The van der Waals surface area contributed by atoms with Crippen molar-refractivity contribution in [1.29, 1.82) is 5.26 Å². The SMILES string of the molecule is N#Cc1c(NC(=O)CC2CNC2)sc2c1CCCCC2. The van der Waals surface area contributed by atoms with E-state index < -0.39 is 0 Å². The highest BCUT2D eigenvalue weighted by molar-refractivity contribution is 7.16. The van der Waals surface area contributed by atoms with Crippen molar-refractivity contribution >= 4 is 22.2 Å². The van der Waals surface area contributed by atoms with Gasteiger partial charge in [0, 0.05) is 11.3 Å². The Bertz CT molecular complexity index is 554. The lowest BCUT2D eigenvalue weighted by Crippen LogP contribution is -2.43. The van der Waals surface area contributed by atoms with Gasteiger partial charge in [-0.2, -0.15) is 5.26 Å². The lowest BCUT2D eigenvalue weighted by Gasteiger charge is -2.26. The minimum absolute atomic E-state index is 0.0457. The maximum Gasteiger partial charge on any atom is 0.225 e. The molecule has 4 nitrogen and oxygen atoms in total. The highest BCUT2D eigenvalue weighted by Gasteiger charge is 2.23. The topological polar surface area (TPSA) is 64.9 Å². The van der Waals surface area contributed by atoms with E-state index in [1.54, 1.807) is 11.3 Å². The Morgan fingerprint density at radius 3 is 2.85 bits per heavy atom. The van der Waals surface area contributed by atoms with E-state index >= 15 is 0 Å². The van der Waals surface area contributed by atoms with Gasteiger partial charge in [0.2, 0.25) is 5.91 Å². The smallest absolute Gasteiger partial charge is 0.225 e. The molecule has 1 amide bonds. The quantitative estimate of drug-likeness (QED) is 0.840. The summed E-state index contributed by atoms with van der Waals surface area (Å²) in [5, 5.41) is 16.3. The molecule has 1 fully saturated rings. The first-order valence-corrected chi connectivity index (χ1v) is 8.14. The van der Waals surface area contributed by atoms with Crippen LogP contribution < -0.4 is 10.6 Å². The number of rotatable bonds is 3. The van der Waals surface area contributed by atoms with Crippen molar-refractivity contribution in [1.82, 2.24) is 5.32 Å². The number of carbonyl (C=O) groups excluding carboxylic acids is 1. The van der Waals surface area contributed by atoms with Crippen molar-refractivity contribution in [2.24, 2.45) is 5.92 Å². The van der Waals surface area contributed by atoms with Crippen LogP contribution in [0.4, 0.5) is 5.00 Å². The van der Waals surface area contributed by atoms with Gasteiger partial charge in [-0.3, -0.25) is 4.79 Å². The summed E-state index contributed by atoms with van der Waals surface area (Å²) in [7, 11) is 0. The Balaban J connectivity index is 1.75. The van der Waals surface area contributed by atoms with Crippen LogP contribution in [0.1, 0.15) is 41.7 Å². The van der Waals surface area contributed by atoms with Crippen LogP contribution in [0.15, 0.2) is 0 Å². The van der Waals surface area contributed by atoms with Crippen LogP contribution in [-0.2, 0) is 17.6 Å². The fourth-order valence-corrected chi connectivity index (χ4v) is 4.14. The average molecular weight is 289 g/mol. The number of fused-ring (bicyclic) bond motifs is 1. The summed E-state index contributed by atoms with van der Waals surface area (Å²) in [5.41, 5.74) is 1.91. The highest BCUT2D eigenvalue weighted by atomic mass is 32.1. The van der Waals surface area contributed by atoms with Crippen LogP contribution >= 0.6 is 11.3 Å². The molecule has 2 aliphatic rings. The zero-order chi connectivity index (χ0) is 13.9. The van der Waals surface area contributed by atoms with Gasteiger partial charge < -0.3 is 10.6 Å². The Morgan fingerprint density at radius 2 is 2.15 bits per heavy atom. The molecule has 0 aromatic carbocycles. The van der Waals surface area contributed by atoms with Crippen molar-refractivity contribution in [2.75, 3.05) is 18.4 Å². The van der Waals surface area contributed by atoms with E-state index in [9.17, 15) is 10.1 Å². The first-order valence-electron chi connectivity index (χ1n) is 7.33. The molecule has 106 valence electrons. The van der Waals surface area contributed by atoms with Crippen molar-refractivity contribution in [2.45, 2.75) is 38.5 Å². The number of hydrogen-bond donors (Lipinski definition) is 2. The second kappa shape index (κ2) is 5.94. The average Bonchev–Trinajstić information content (AvgIpc) is 2.56. The molecule has 1 aliphatic heterocycles. The van der Waals surface area contributed by atoms with Crippen LogP contribution in [-0.4, -0.2) is 19.0 Å². The molecule has 20 heavy (non-hydrogen) atoms. The number of thiophene rings is 1. The van der Waals surface area contributed by atoms with Crippen LogP contribution in [0.25, 0.3) is 0 Å². The molecule has 0 bridgehead atoms. The maximum atomic E-state index is 12.0. The maximum absolute atomic E-state index is 12.0. The largest absolute Gasteiger partial charge is 0.317 e. The van der Waals surface area contributed by atoms with E-state index in [1.165, 1.54) is 23.3 Å². The third-order valence-electron chi connectivity index (χ3n) is 4.13. The molecule has 0 spiro atoms. The third-order valence-corrected chi connectivity index (χ3v) is 5.33. The Kier molecular flexibility index (Phi) is 4.04. The first-order chi connectivity index (χ1) is 9.78. The van der Waals surface area contributed by atoms with Crippen LogP contribution in [0, 0.1) is 17.2 Å². The van der Waals surface area contributed by atoms with Gasteiger partial charge in [-0.15, -0.1) is 11.3 Å². The van der Waals surface area contributed by atoms with Gasteiger partial charge in [0.15, 0.2) is 0 Å². The monoisotopic (exact) mass is 289 g/mol. The highest BCUT2D eigenvalue weighted by Crippen LogP contribution is 2.37. The van der Waals surface area contributed by atoms with Gasteiger partial charge in [-0.05, 0) is 50.3 Å². The van der Waals surface area contributed by atoms with Crippen molar-refractivity contribution in [3.63, 3.8) is 0 Å². The Hall–Kier alpha value is -1.38. The lowest BCUT2D eigenvalue weighted by molar-refractivity contribution is -0.117. The molecule has 1 aromatic rings. The molecular formula is C15H19N3OS. The second-order valence-corrected chi connectivity index (χ2v) is 6.76. The molecule has 0 unspecified atom stereocenters. The zero-order valence-electron chi connectivity index (χ0n) is 11.5. The van der Waals surface area contributed by atoms with E-state index in [-0.39, 0.29) is 5.91 Å². The van der Waals surface area contributed by atoms with E-state index in [1.807, 2.05) is 0 Å². The Morgan fingerprint density at radius 1 is 1.35 bits per heavy atom. The number of nitrogens with one attached hydrogen (secondary N) is 2. The number of amides is 1. The third kappa shape index (κ3) is 2.72. The van der Waals surface area contributed by atoms with Gasteiger partial charge in [0.1, 0.15) is 11.1 Å². The molecule has 5 heteroatoms. The predicted molar refractivity (Wildman–Crippen MR) is 79.9 cm³/mol. The van der Waals surface area contributed by atoms with E-state index in [2.05, 4.69) is 16.7 Å². The Labute approximate surface area is 123 Å². The molecule has 3 rings (SSSR count). The van der Waals surface area contributed by atoms with Crippen molar-refractivity contribution in [3.8, 4) is 6.07 Å². The summed E-state index contributed by atoms with van der Waals surface area (Å²) in [6.45, 7) is 1.86. The fourth-order valence-electron chi connectivity index (χ4n) is 2.88. The summed E-state index contributed by atoms with van der Waals surface area (Å²) in [6.07, 6.45) is 6.18. The molecule has 0 atom stereocenters. The molecule has 0 radical (unpaired) electrons. The molecule has 2 N–H and O–H groups in total. The van der Waals surface area contributed by atoms with Gasteiger partial charge >= 0.3 is 0 Å². The van der Waals surface area contributed by atoms with Gasteiger partial charge in [-0.1, -0.05) is 6.42 Å². The van der Waals surface area contributed by atoms with Gasteiger partial charge in [0.05, 0.1) is 5.56 Å². The standard InChI is InChI=1S/C15H19N3OS/c16-7-12-11-4-2-1-3-5-13(11)20-15(12)18-14(19)6-10-8-17-9-10/h10,17H,1-6,8-9H2,(H,18,19). The molecule has 0 saturated carbocycles. The summed E-state index contributed by atoms with van der Waals surface area (Å²) in [4.78, 5) is 13.3. The van der Waals surface area contributed by atoms with Crippen LogP contribution in [0.5, 0.6) is 0 Å². The number of nitriles is 1. The normalized spacial score (nSPS) is 18.6. The summed E-state index contributed by atoms with van der Waals surface area (Å²) < 4.78 is 0. The molecule has 1 aromatic heterocycles. The molecule has 1 saturated heterocycles.